The van der Waals surface area contributed by atoms with Crippen molar-refractivity contribution in [1.29, 1.82) is 0 Å². The van der Waals surface area contributed by atoms with E-state index in [0.29, 0.717) is 11.6 Å². The van der Waals surface area contributed by atoms with E-state index >= 15 is 0 Å². The summed E-state index contributed by atoms with van der Waals surface area (Å²) in [5, 5.41) is 11.0. The molecule has 1 aliphatic rings. The Bertz CT molecular complexity index is 461. The Morgan fingerprint density at radius 3 is 2.70 bits per heavy atom. The summed E-state index contributed by atoms with van der Waals surface area (Å²) < 4.78 is 0. The van der Waals surface area contributed by atoms with Crippen LogP contribution in [0.4, 0.5) is 0 Å². The largest absolute Gasteiger partial charge is 0.387 e. The summed E-state index contributed by atoms with van der Waals surface area (Å²) in [6, 6.07) is 7.09. The first-order valence-corrected chi connectivity index (χ1v) is 7.25. The van der Waals surface area contributed by atoms with Crippen LogP contribution >= 0.6 is 11.6 Å². The van der Waals surface area contributed by atoms with E-state index in [-0.39, 0.29) is 11.9 Å². The van der Waals surface area contributed by atoms with Crippen molar-refractivity contribution in [2.75, 3.05) is 27.2 Å². The van der Waals surface area contributed by atoms with Gasteiger partial charge in [0.05, 0.1) is 12.1 Å². The van der Waals surface area contributed by atoms with Gasteiger partial charge in [0.15, 0.2) is 0 Å². The van der Waals surface area contributed by atoms with Crippen LogP contribution in [0, 0.1) is 0 Å². The lowest BCUT2D eigenvalue weighted by Crippen LogP contribution is -2.44. The number of aliphatic hydroxyl groups excluding tert-OH is 1. The molecule has 1 N–H and O–H groups in total. The molecule has 0 aromatic heterocycles. The maximum Gasteiger partial charge on any atom is 0.239 e. The van der Waals surface area contributed by atoms with E-state index in [2.05, 4.69) is 4.90 Å². The highest BCUT2D eigenvalue weighted by molar-refractivity contribution is 6.30. The number of hydrogen-bond acceptors (Lipinski definition) is 3. The molecule has 1 fully saturated rings. The summed E-state index contributed by atoms with van der Waals surface area (Å²) in [5.74, 6) is 0.116. The minimum absolute atomic E-state index is 0.105. The Labute approximate surface area is 124 Å². The molecule has 1 saturated heterocycles. The number of benzene rings is 1. The zero-order valence-corrected chi connectivity index (χ0v) is 12.7. The number of hydrogen-bond donors (Lipinski definition) is 1. The first-order valence-electron chi connectivity index (χ1n) is 6.88. The molecule has 0 saturated carbocycles. The third-order valence-electron chi connectivity index (χ3n) is 3.75. The van der Waals surface area contributed by atoms with Crippen molar-refractivity contribution >= 4 is 17.5 Å². The second kappa shape index (κ2) is 6.57. The van der Waals surface area contributed by atoms with E-state index < -0.39 is 6.10 Å². The van der Waals surface area contributed by atoms with Gasteiger partial charge in [-0.2, -0.15) is 0 Å². The number of carbonyl (C=O) groups is 1. The fourth-order valence-corrected chi connectivity index (χ4v) is 2.76. The van der Waals surface area contributed by atoms with Crippen LogP contribution in [0.25, 0.3) is 0 Å². The van der Waals surface area contributed by atoms with Gasteiger partial charge in [0.2, 0.25) is 5.91 Å². The molecule has 2 atom stereocenters. The summed E-state index contributed by atoms with van der Waals surface area (Å²) in [5.41, 5.74) is 0.831. The number of rotatable bonds is 4. The van der Waals surface area contributed by atoms with Gasteiger partial charge >= 0.3 is 0 Å². The minimum atomic E-state index is -0.595. The predicted octanol–water partition coefficient (Wildman–Crippen LogP) is 1.93. The van der Waals surface area contributed by atoms with E-state index in [1.54, 1.807) is 31.1 Å². The maximum atomic E-state index is 12.1. The average molecular weight is 297 g/mol. The van der Waals surface area contributed by atoms with Crippen LogP contribution < -0.4 is 0 Å². The molecule has 0 radical (unpaired) electrons. The number of carbonyl (C=O) groups excluding carboxylic acids is 1. The molecule has 1 aliphatic heterocycles. The van der Waals surface area contributed by atoms with Crippen LogP contribution in [0.3, 0.4) is 0 Å². The molecule has 5 heteroatoms. The van der Waals surface area contributed by atoms with E-state index in [1.807, 2.05) is 12.1 Å². The van der Waals surface area contributed by atoms with Crippen molar-refractivity contribution < 1.29 is 9.90 Å². The minimum Gasteiger partial charge on any atom is -0.387 e. The van der Waals surface area contributed by atoms with Gasteiger partial charge in [-0.25, -0.2) is 0 Å². The van der Waals surface area contributed by atoms with Gasteiger partial charge in [-0.1, -0.05) is 23.7 Å². The molecule has 0 bridgehead atoms. The van der Waals surface area contributed by atoms with Gasteiger partial charge in [0.1, 0.15) is 0 Å². The molecule has 0 aliphatic carbocycles. The molecule has 2 unspecified atom stereocenters. The second-order valence-corrected chi connectivity index (χ2v) is 5.89. The highest BCUT2D eigenvalue weighted by Gasteiger charge is 2.32. The Morgan fingerprint density at radius 1 is 1.45 bits per heavy atom. The third kappa shape index (κ3) is 3.51. The lowest BCUT2D eigenvalue weighted by Gasteiger charge is -2.28. The van der Waals surface area contributed by atoms with Gasteiger partial charge in [0, 0.05) is 25.7 Å². The van der Waals surface area contributed by atoms with E-state index in [0.717, 1.165) is 24.9 Å². The maximum absolute atomic E-state index is 12.1. The Hall–Kier alpha value is -1.10. The molecule has 0 spiro atoms. The molecule has 110 valence electrons. The lowest BCUT2D eigenvalue weighted by molar-refractivity contribution is -0.133. The summed E-state index contributed by atoms with van der Waals surface area (Å²) >= 11 is 5.84. The average Bonchev–Trinajstić information content (AvgIpc) is 2.86. The summed E-state index contributed by atoms with van der Waals surface area (Å²) in [4.78, 5) is 15.8. The standard InChI is InChI=1S/C15H21ClN2O2/c1-17(2)15(20)13-4-3-9-18(13)10-14(19)11-5-7-12(16)8-6-11/h5-8,13-14,19H,3-4,9-10H2,1-2H3. The Kier molecular flexibility index (Phi) is 5.02. The number of likely N-dealkylation sites (tertiary alicyclic amines) is 1. The van der Waals surface area contributed by atoms with E-state index in [4.69, 9.17) is 11.6 Å². The van der Waals surface area contributed by atoms with Gasteiger partial charge in [0.25, 0.3) is 0 Å². The normalized spacial score (nSPS) is 20.9. The van der Waals surface area contributed by atoms with Crippen molar-refractivity contribution in [2.24, 2.45) is 0 Å². The number of likely N-dealkylation sites (N-methyl/N-ethyl adjacent to an activating group) is 1. The molecule has 1 amide bonds. The van der Waals surface area contributed by atoms with Crippen LogP contribution in [0.15, 0.2) is 24.3 Å². The fraction of sp³-hybridized carbons (Fsp3) is 0.533. The topological polar surface area (TPSA) is 43.8 Å². The first kappa shape index (κ1) is 15.3. The molecular weight excluding hydrogens is 276 g/mol. The summed E-state index contributed by atoms with van der Waals surface area (Å²) in [6.45, 7) is 1.33. The number of β-amino-alcohol motifs (C(OH)–C–C–N with tert-alkyl or cyclic N) is 1. The highest BCUT2D eigenvalue weighted by atomic mass is 35.5. The lowest BCUT2D eigenvalue weighted by atomic mass is 10.1. The zero-order valence-electron chi connectivity index (χ0n) is 11.9. The smallest absolute Gasteiger partial charge is 0.239 e. The van der Waals surface area contributed by atoms with Crippen LogP contribution in [0.1, 0.15) is 24.5 Å². The fourth-order valence-electron chi connectivity index (χ4n) is 2.63. The van der Waals surface area contributed by atoms with Gasteiger partial charge in [-0.05, 0) is 37.1 Å². The van der Waals surface area contributed by atoms with Crippen LogP contribution in [0.5, 0.6) is 0 Å². The second-order valence-electron chi connectivity index (χ2n) is 5.45. The van der Waals surface area contributed by atoms with Crippen molar-refractivity contribution in [3.05, 3.63) is 34.9 Å². The summed E-state index contributed by atoms with van der Waals surface area (Å²) in [6.07, 6.45) is 1.27. The van der Waals surface area contributed by atoms with Crippen molar-refractivity contribution in [1.82, 2.24) is 9.80 Å². The van der Waals surface area contributed by atoms with Crippen LogP contribution in [0.2, 0.25) is 5.02 Å². The van der Waals surface area contributed by atoms with Crippen LogP contribution in [-0.2, 0) is 4.79 Å². The van der Waals surface area contributed by atoms with Gasteiger partial charge in [-0.15, -0.1) is 0 Å². The van der Waals surface area contributed by atoms with E-state index in [1.165, 1.54) is 0 Å². The highest BCUT2D eigenvalue weighted by Crippen LogP contribution is 2.23. The molecule has 1 aromatic carbocycles. The van der Waals surface area contributed by atoms with Crippen molar-refractivity contribution in [2.45, 2.75) is 25.0 Å². The van der Waals surface area contributed by atoms with Crippen LogP contribution in [-0.4, -0.2) is 54.0 Å². The first-order chi connectivity index (χ1) is 9.49. The summed E-state index contributed by atoms with van der Waals surface area (Å²) in [7, 11) is 3.54. The number of nitrogens with zero attached hydrogens (tertiary/aromatic N) is 2. The molecule has 1 heterocycles. The Morgan fingerprint density at radius 2 is 2.10 bits per heavy atom. The molecule has 4 nitrogen and oxygen atoms in total. The van der Waals surface area contributed by atoms with E-state index in [9.17, 15) is 9.90 Å². The number of halogens is 1. The van der Waals surface area contributed by atoms with Crippen molar-refractivity contribution in [3.8, 4) is 0 Å². The third-order valence-corrected chi connectivity index (χ3v) is 4.00. The molecular formula is C15H21ClN2O2. The van der Waals surface area contributed by atoms with Crippen molar-refractivity contribution in [3.63, 3.8) is 0 Å². The quantitative estimate of drug-likeness (QED) is 0.923. The number of aliphatic hydroxyl groups is 1. The Balaban J connectivity index is 2.01. The molecule has 1 aromatic rings. The number of amides is 1. The predicted molar refractivity (Wildman–Crippen MR) is 79.7 cm³/mol. The van der Waals surface area contributed by atoms with Gasteiger partial charge < -0.3 is 10.0 Å². The SMILES string of the molecule is CN(C)C(=O)C1CCCN1CC(O)c1ccc(Cl)cc1. The monoisotopic (exact) mass is 296 g/mol. The molecule has 20 heavy (non-hydrogen) atoms. The van der Waals surface area contributed by atoms with Gasteiger partial charge in [-0.3, -0.25) is 9.69 Å². The molecule has 2 rings (SSSR count). The zero-order chi connectivity index (χ0) is 14.7.